The number of thiophene rings is 1. The molecule has 228 valence electrons. The molecule has 2 aromatic heterocycles. The lowest BCUT2D eigenvalue weighted by Gasteiger charge is -2.31. The third kappa shape index (κ3) is 5.76. The van der Waals surface area contributed by atoms with Crippen LogP contribution in [-0.2, 0) is 26.4 Å². The Bertz CT molecular complexity index is 1580. The van der Waals surface area contributed by atoms with Gasteiger partial charge in [0.15, 0.2) is 0 Å². The molecule has 0 aliphatic carbocycles. The van der Waals surface area contributed by atoms with E-state index in [0.717, 1.165) is 40.7 Å². The lowest BCUT2D eigenvalue weighted by Crippen LogP contribution is -2.56. The molecule has 11 heteroatoms. The standard InChI is InChI=1S/C31H41N3O7S/c1-8-19(3)41-23(21-14-10-11-15-22(21)39-7)18-33-27-24(20(4)25(42-27)28(36)40-9-2)26(35)34(30(33)38)31(5,6)29(37)32-16-12-13-17-32/h10-11,14-15,19,23H,8-9,12-13,16-18H2,1-7H3/t19?,23-/m0/s1. The molecule has 1 fully saturated rings. The molecule has 4 rings (SSSR count). The quantitative estimate of drug-likeness (QED) is 0.296. The van der Waals surface area contributed by atoms with Gasteiger partial charge in [0.1, 0.15) is 27.1 Å². The van der Waals surface area contributed by atoms with Gasteiger partial charge in [0.25, 0.3) is 5.56 Å². The molecule has 2 atom stereocenters. The van der Waals surface area contributed by atoms with Crippen LogP contribution in [0.5, 0.6) is 5.75 Å². The number of para-hydroxylation sites is 1. The van der Waals surface area contributed by atoms with Crippen LogP contribution in [0, 0.1) is 6.92 Å². The van der Waals surface area contributed by atoms with Gasteiger partial charge in [-0.15, -0.1) is 11.3 Å². The summed E-state index contributed by atoms with van der Waals surface area (Å²) in [5.74, 6) is -0.256. The Balaban J connectivity index is 2.01. The predicted molar refractivity (Wildman–Crippen MR) is 163 cm³/mol. The number of amides is 1. The number of ether oxygens (including phenoxy) is 3. The average molecular weight is 600 g/mol. The molecule has 1 aliphatic rings. The zero-order chi connectivity index (χ0) is 30.8. The fourth-order valence-corrected chi connectivity index (χ4v) is 6.68. The van der Waals surface area contributed by atoms with Crippen LogP contribution in [0.1, 0.15) is 80.8 Å². The van der Waals surface area contributed by atoms with Crippen LogP contribution in [-0.4, -0.2) is 58.8 Å². The van der Waals surface area contributed by atoms with Crippen LogP contribution in [0.2, 0.25) is 0 Å². The number of carbonyl (C=O) groups excluding carboxylic acids is 2. The number of benzene rings is 1. The van der Waals surface area contributed by atoms with E-state index < -0.39 is 28.9 Å². The van der Waals surface area contributed by atoms with E-state index in [-0.39, 0.29) is 35.4 Å². The van der Waals surface area contributed by atoms with Gasteiger partial charge in [0.05, 0.1) is 31.8 Å². The molecular weight excluding hydrogens is 558 g/mol. The average Bonchev–Trinajstić information content (AvgIpc) is 3.62. The Morgan fingerprint density at radius 3 is 2.38 bits per heavy atom. The van der Waals surface area contributed by atoms with E-state index in [9.17, 15) is 19.2 Å². The van der Waals surface area contributed by atoms with Crippen molar-refractivity contribution in [2.75, 3.05) is 26.8 Å². The molecule has 3 heterocycles. The molecule has 1 amide bonds. The fourth-order valence-electron chi connectivity index (χ4n) is 5.48. The highest BCUT2D eigenvalue weighted by Gasteiger charge is 2.39. The van der Waals surface area contributed by atoms with Crippen molar-refractivity contribution >= 4 is 33.4 Å². The number of likely N-dealkylation sites (tertiary alicyclic amines) is 1. The molecule has 0 radical (unpaired) electrons. The second kappa shape index (κ2) is 12.8. The second-order valence-electron chi connectivity index (χ2n) is 11.1. The summed E-state index contributed by atoms with van der Waals surface area (Å²) in [5.41, 5.74) is -1.56. The highest BCUT2D eigenvalue weighted by Crippen LogP contribution is 2.34. The van der Waals surface area contributed by atoms with Crippen molar-refractivity contribution < 1.29 is 23.8 Å². The summed E-state index contributed by atoms with van der Waals surface area (Å²) in [6.45, 7) is 11.9. The summed E-state index contributed by atoms with van der Waals surface area (Å²) < 4.78 is 19.9. The van der Waals surface area contributed by atoms with Crippen LogP contribution in [0.15, 0.2) is 33.9 Å². The molecule has 1 unspecified atom stereocenters. The number of esters is 1. The zero-order valence-electron chi connectivity index (χ0n) is 25.5. The third-order valence-corrected chi connectivity index (χ3v) is 9.25. The molecule has 42 heavy (non-hydrogen) atoms. The lowest BCUT2D eigenvalue weighted by atomic mass is 10.0. The molecule has 0 bridgehead atoms. The van der Waals surface area contributed by atoms with Gasteiger partial charge in [-0.05, 0) is 65.5 Å². The first-order chi connectivity index (χ1) is 20.0. The first-order valence-corrected chi connectivity index (χ1v) is 15.3. The molecule has 0 saturated carbocycles. The molecule has 1 aliphatic heterocycles. The number of methoxy groups -OCH3 is 1. The molecule has 0 spiro atoms. The van der Waals surface area contributed by atoms with Crippen molar-refractivity contribution in [3.05, 3.63) is 61.1 Å². The van der Waals surface area contributed by atoms with Gasteiger partial charge < -0.3 is 19.1 Å². The number of aromatic nitrogens is 2. The second-order valence-corrected chi connectivity index (χ2v) is 12.1. The maximum Gasteiger partial charge on any atom is 0.348 e. The van der Waals surface area contributed by atoms with Gasteiger partial charge in [-0.3, -0.25) is 14.2 Å². The summed E-state index contributed by atoms with van der Waals surface area (Å²) in [4.78, 5) is 57.5. The van der Waals surface area contributed by atoms with Gasteiger partial charge >= 0.3 is 11.7 Å². The minimum atomic E-state index is -1.47. The van der Waals surface area contributed by atoms with Crippen LogP contribution < -0.4 is 16.0 Å². The molecule has 3 aromatic rings. The van der Waals surface area contributed by atoms with E-state index in [1.165, 1.54) is 4.57 Å². The van der Waals surface area contributed by atoms with Crippen LogP contribution in [0.3, 0.4) is 0 Å². The maximum atomic E-state index is 14.4. The molecule has 1 saturated heterocycles. The Morgan fingerprint density at radius 2 is 1.76 bits per heavy atom. The maximum absolute atomic E-state index is 14.4. The fraction of sp³-hybridized carbons (Fsp3) is 0.548. The van der Waals surface area contributed by atoms with Crippen molar-refractivity contribution in [1.82, 2.24) is 14.0 Å². The van der Waals surface area contributed by atoms with E-state index in [1.54, 1.807) is 39.7 Å². The Morgan fingerprint density at radius 1 is 1.10 bits per heavy atom. The number of aryl methyl sites for hydroxylation is 1. The lowest BCUT2D eigenvalue weighted by molar-refractivity contribution is -0.138. The van der Waals surface area contributed by atoms with E-state index in [4.69, 9.17) is 14.2 Å². The summed E-state index contributed by atoms with van der Waals surface area (Å²) >= 11 is 1.04. The van der Waals surface area contributed by atoms with Gasteiger partial charge in [0, 0.05) is 18.7 Å². The first-order valence-electron chi connectivity index (χ1n) is 14.5. The van der Waals surface area contributed by atoms with E-state index in [2.05, 4.69) is 0 Å². The number of fused-ring (bicyclic) bond motifs is 1. The third-order valence-electron chi connectivity index (χ3n) is 7.95. The van der Waals surface area contributed by atoms with E-state index in [0.29, 0.717) is 29.2 Å². The minimum absolute atomic E-state index is 0.0243. The number of hydrogen-bond acceptors (Lipinski definition) is 8. The van der Waals surface area contributed by atoms with Crippen LogP contribution in [0.4, 0.5) is 0 Å². The zero-order valence-corrected chi connectivity index (χ0v) is 26.3. The number of hydrogen-bond donors (Lipinski definition) is 0. The smallest absolute Gasteiger partial charge is 0.348 e. The monoisotopic (exact) mass is 599 g/mol. The van der Waals surface area contributed by atoms with Gasteiger partial charge in [-0.1, -0.05) is 25.1 Å². The first kappa shape index (κ1) is 31.5. The van der Waals surface area contributed by atoms with E-state index >= 15 is 0 Å². The van der Waals surface area contributed by atoms with Crippen LogP contribution in [0.25, 0.3) is 10.2 Å². The summed E-state index contributed by atoms with van der Waals surface area (Å²) in [6, 6.07) is 7.44. The Labute approximate surface area is 249 Å². The Hall–Kier alpha value is -3.44. The van der Waals surface area contributed by atoms with E-state index in [1.807, 2.05) is 38.1 Å². The van der Waals surface area contributed by atoms with Crippen molar-refractivity contribution in [1.29, 1.82) is 0 Å². The molecule has 1 aromatic carbocycles. The van der Waals surface area contributed by atoms with Gasteiger partial charge in [-0.2, -0.15) is 0 Å². The molecule has 10 nitrogen and oxygen atoms in total. The highest BCUT2D eigenvalue weighted by molar-refractivity contribution is 7.20. The van der Waals surface area contributed by atoms with Crippen molar-refractivity contribution in [3.8, 4) is 5.75 Å². The predicted octanol–water partition coefficient (Wildman–Crippen LogP) is 4.63. The van der Waals surface area contributed by atoms with Crippen LogP contribution >= 0.6 is 11.3 Å². The summed E-state index contributed by atoms with van der Waals surface area (Å²) in [6.07, 6.45) is 1.71. The number of nitrogens with zero attached hydrogens (tertiary/aromatic N) is 3. The summed E-state index contributed by atoms with van der Waals surface area (Å²) in [5, 5.41) is 0.215. The SMILES string of the molecule is CCOC(=O)c1sc2c(c1C)c(=O)n(C(C)(C)C(=O)N1CCCC1)c(=O)n2C[C@H](OC(C)CC)c1ccccc1OC. The summed E-state index contributed by atoms with van der Waals surface area (Å²) in [7, 11) is 1.57. The van der Waals surface area contributed by atoms with Gasteiger partial charge in [0.2, 0.25) is 5.91 Å². The Kier molecular flexibility index (Phi) is 9.62. The molecule has 0 N–H and O–H groups in total. The number of rotatable bonds is 11. The van der Waals surface area contributed by atoms with Crippen molar-refractivity contribution in [2.24, 2.45) is 0 Å². The number of carbonyl (C=O) groups is 2. The van der Waals surface area contributed by atoms with Crippen molar-refractivity contribution in [3.63, 3.8) is 0 Å². The minimum Gasteiger partial charge on any atom is -0.496 e. The van der Waals surface area contributed by atoms with Gasteiger partial charge in [-0.25, -0.2) is 14.2 Å². The largest absolute Gasteiger partial charge is 0.496 e. The molecular formula is C31H41N3O7S. The normalized spacial score (nSPS) is 15.2. The highest BCUT2D eigenvalue weighted by atomic mass is 32.1. The topological polar surface area (TPSA) is 109 Å². The van der Waals surface area contributed by atoms with Crippen molar-refractivity contribution in [2.45, 2.75) is 85.1 Å².